The summed E-state index contributed by atoms with van der Waals surface area (Å²) in [6.45, 7) is 6.06. The van der Waals surface area contributed by atoms with Crippen LogP contribution in [-0.2, 0) is 11.2 Å². The minimum absolute atomic E-state index is 0.0186. The molecule has 0 aliphatic carbocycles. The summed E-state index contributed by atoms with van der Waals surface area (Å²) >= 11 is 0. The molecule has 0 bridgehead atoms. The fourth-order valence-electron chi connectivity index (χ4n) is 4.13. The number of aliphatic hydroxyl groups excluding tert-OH is 1. The van der Waals surface area contributed by atoms with Crippen molar-refractivity contribution in [3.05, 3.63) is 42.0 Å². The number of hydrogen-bond donors (Lipinski definition) is 3. The average molecular weight is 468 g/mol. The Labute approximate surface area is 197 Å². The van der Waals surface area contributed by atoms with Crippen LogP contribution in [0.5, 0.6) is 0 Å². The number of anilines is 3. The van der Waals surface area contributed by atoms with Crippen molar-refractivity contribution in [2.45, 2.75) is 51.3 Å². The molecule has 1 saturated heterocycles. The smallest absolute Gasteiger partial charge is 0.227 e. The highest BCUT2D eigenvalue weighted by Crippen LogP contribution is 2.30. The van der Waals surface area contributed by atoms with Crippen molar-refractivity contribution in [3.8, 4) is 0 Å². The van der Waals surface area contributed by atoms with Gasteiger partial charge in [0.15, 0.2) is 5.67 Å². The zero-order valence-corrected chi connectivity index (χ0v) is 19.8. The highest BCUT2D eigenvalue weighted by Gasteiger charge is 2.39. The second kappa shape index (κ2) is 9.46. The maximum atomic E-state index is 14.6. The van der Waals surface area contributed by atoms with Crippen LogP contribution in [0.3, 0.4) is 0 Å². The molecular weight excluding hydrogens is 437 g/mol. The third-order valence-corrected chi connectivity index (χ3v) is 6.16. The number of hydrogen-bond acceptors (Lipinski definition) is 8. The van der Waals surface area contributed by atoms with Crippen molar-refractivity contribution < 1.29 is 14.3 Å². The SMILES string of the molecule is CNC(=O)Cc1ncc(C(C)C)c2cc(Nc3ccnc(N4CC[C@@H](O)[C@@](C)(F)C4)n3)ncc12. The van der Waals surface area contributed by atoms with Crippen LogP contribution in [0.15, 0.2) is 30.7 Å². The van der Waals surface area contributed by atoms with E-state index in [1.54, 1.807) is 30.4 Å². The van der Waals surface area contributed by atoms with E-state index in [9.17, 15) is 14.3 Å². The molecule has 34 heavy (non-hydrogen) atoms. The van der Waals surface area contributed by atoms with Gasteiger partial charge in [-0.25, -0.2) is 14.4 Å². The first-order chi connectivity index (χ1) is 16.2. The molecule has 0 saturated carbocycles. The molecule has 3 aromatic heterocycles. The Morgan fingerprint density at radius 2 is 2.06 bits per heavy atom. The molecule has 1 aliphatic heterocycles. The highest BCUT2D eigenvalue weighted by atomic mass is 19.1. The van der Waals surface area contributed by atoms with E-state index >= 15 is 0 Å². The molecule has 180 valence electrons. The van der Waals surface area contributed by atoms with Crippen molar-refractivity contribution in [2.75, 3.05) is 30.4 Å². The van der Waals surface area contributed by atoms with Gasteiger partial charge in [-0.05, 0) is 42.3 Å². The average Bonchev–Trinajstić information content (AvgIpc) is 2.80. The fraction of sp³-hybridized carbons (Fsp3) is 0.458. The van der Waals surface area contributed by atoms with Gasteiger partial charge in [0, 0.05) is 37.6 Å². The Kier molecular flexibility index (Phi) is 6.60. The first-order valence-corrected chi connectivity index (χ1v) is 11.4. The molecule has 2 atom stereocenters. The van der Waals surface area contributed by atoms with E-state index in [0.717, 1.165) is 16.3 Å². The van der Waals surface area contributed by atoms with Crippen molar-refractivity contribution in [2.24, 2.45) is 0 Å². The number of nitrogens with one attached hydrogen (secondary N) is 2. The van der Waals surface area contributed by atoms with Gasteiger partial charge in [0.25, 0.3) is 0 Å². The molecule has 10 heteroatoms. The standard InChI is InChI=1S/C24H30FN7O2/c1-14(2)16-11-28-18(10-22(34)26-4)17-12-29-21(9-15(16)17)30-20-5-7-27-23(31-20)32-8-6-19(33)24(3,25)13-32/h5,7,9,11-12,14,19,33H,6,8,10,13H2,1-4H3,(H,26,34)(H,27,29,30,31)/t19-,24+/m1/s1. The number of pyridine rings is 2. The predicted octanol–water partition coefficient (Wildman–Crippen LogP) is 2.87. The third kappa shape index (κ3) is 4.91. The Balaban J connectivity index is 1.63. The number of halogens is 1. The molecule has 0 unspecified atom stereocenters. The van der Waals surface area contributed by atoms with Gasteiger partial charge in [-0.2, -0.15) is 4.98 Å². The summed E-state index contributed by atoms with van der Waals surface area (Å²) < 4.78 is 14.6. The summed E-state index contributed by atoms with van der Waals surface area (Å²) in [5, 5.41) is 17.5. The number of alkyl halides is 1. The van der Waals surface area contributed by atoms with Gasteiger partial charge in [0.2, 0.25) is 11.9 Å². The van der Waals surface area contributed by atoms with Crippen molar-refractivity contribution in [1.82, 2.24) is 25.3 Å². The number of fused-ring (bicyclic) bond motifs is 1. The van der Waals surface area contributed by atoms with Gasteiger partial charge in [-0.3, -0.25) is 9.78 Å². The van der Waals surface area contributed by atoms with E-state index < -0.39 is 11.8 Å². The number of nitrogens with zero attached hydrogens (tertiary/aromatic N) is 5. The van der Waals surface area contributed by atoms with Crippen molar-refractivity contribution in [3.63, 3.8) is 0 Å². The highest BCUT2D eigenvalue weighted by molar-refractivity contribution is 5.92. The van der Waals surface area contributed by atoms with Crippen LogP contribution in [0, 0.1) is 0 Å². The maximum absolute atomic E-state index is 14.6. The fourth-order valence-corrected chi connectivity index (χ4v) is 4.13. The lowest BCUT2D eigenvalue weighted by Gasteiger charge is -2.38. The van der Waals surface area contributed by atoms with Crippen LogP contribution in [0.2, 0.25) is 0 Å². The number of likely N-dealkylation sites (N-methyl/N-ethyl adjacent to an activating group) is 1. The number of carbonyl (C=O) groups is 1. The summed E-state index contributed by atoms with van der Waals surface area (Å²) in [5.41, 5.74) is 0.000725. The molecule has 9 nitrogen and oxygen atoms in total. The lowest BCUT2D eigenvalue weighted by Crippen LogP contribution is -2.52. The second-order valence-corrected chi connectivity index (χ2v) is 9.15. The minimum atomic E-state index is -1.72. The number of aromatic nitrogens is 4. The van der Waals surface area contributed by atoms with Crippen LogP contribution >= 0.6 is 0 Å². The van der Waals surface area contributed by atoms with Crippen LogP contribution in [0.25, 0.3) is 10.8 Å². The number of rotatable bonds is 6. The Bertz CT molecular complexity index is 1200. The van der Waals surface area contributed by atoms with Gasteiger partial charge in [-0.15, -0.1) is 0 Å². The molecule has 3 aromatic rings. The Morgan fingerprint density at radius 1 is 1.26 bits per heavy atom. The molecule has 3 N–H and O–H groups in total. The molecule has 4 rings (SSSR count). The lowest BCUT2D eigenvalue weighted by molar-refractivity contribution is -0.119. The van der Waals surface area contributed by atoms with E-state index in [4.69, 9.17) is 0 Å². The van der Waals surface area contributed by atoms with E-state index in [0.29, 0.717) is 36.2 Å². The zero-order chi connectivity index (χ0) is 24.5. The van der Waals surface area contributed by atoms with Crippen LogP contribution in [-0.4, -0.2) is 62.9 Å². The molecular formula is C24H30FN7O2. The first-order valence-electron chi connectivity index (χ1n) is 11.4. The number of piperidine rings is 1. The van der Waals surface area contributed by atoms with Gasteiger partial charge < -0.3 is 20.6 Å². The molecule has 4 heterocycles. The Morgan fingerprint density at radius 3 is 2.76 bits per heavy atom. The van der Waals surface area contributed by atoms with Crippen LogP contribution in [0.4, 0.5) is 22.0 Å². The minimum Gasteiger partial charge on any atom is -0.390 e. The van der Waals surface area contributed by atoms with Crippen LogP contribution in [0.1, 0.15) is 44.4 Å². The van der Waals surface area contributed by atoms with Gasteiger partial charge >= 0.3 is 0 Å². The first kappa shape index (κ1) is 23.7. The monoisotopic (exact) mass is 467 g/mol. The quantitative estimate of drug-likeness (QED) is 0.507. The lowest BCUT2D eigenvalue weighted by atomic mass is 9.94. The van der Waals surface area contributed by atoms with E-state index in [1.165, 1.54) is 6.92 Å². The summed E-state index contributed by atoms with van der Waals surface area (Å²) in [7, 11) is 1.60. The third-order valence-electron chi connectivity index (χ3n) is 6.16. The summed E-state index contributed by atoms with van der Waals surface area (Å²) in [5.74, 6) is 1.61. The number of carbonyl (C=O) groups excluding carboxylic acids is 1. The van der Waals surface area contributed by atoms with Crippen LogP contribution < -0.4 is 15.5 Å². The molecule has 0 radical (unpaired) electrons. The Hall–Kier alpha value is -3.40. The van der Waals surface area contributed by atoms with Gasteiger partial charge in [0.05, 0.1) is 24.8 Å². The van der Waals surface area contributed by atoms with Gasteiger partial charge in [0.1, 0.15) is 11.6 Å². The van der Waals surface area contributed by atoms with E-state index in [1.807, 2.05) is 12.3 Å². The van der Waals surface area contributed by atoms with E-state index in [-0.39, 0.29) is 24.8 Å². The predicted molar refractivity (Wildman–Crippen MR) is 129 cm³/mol. The van der Waals surface area contributed by atoms with Crippen molar-refractivity contribution in [1.29, 1.82) is 0 Å². The van der Waals surface area contributed by atoms with E-state index in [2.05, 4.69) is 44.4 Å². The topological polar surface area (TPSA) is 116 Å². The molecule has 1 aliphatic rings. The molecule has 0 aromatic carbocycles. The zero-order valence-electron chi connectivity index (χ0n) is 19.8. The van der Waals surface area contributed by atoms with Gasteiger partial charge in [-0.1, -0.05) is 13.8 Å². The normalized spacial score (nSPS) is 20.6. The molecule has 0 spiro atoms. The maximum Gasteiger partial charge on any atom is 0.227 e. The van der Waals surface area contributed by atoms with Crippen molar-refractivity contribution >= 4 is 34.3 Å². The second-order valence-electron chi connectivity index (χ2n) is 9.15. The number of aliphatic hydroxyl groups is 1. The summed E-state index contributed by atoms with van der Waals surface area (Å²) in [6, 6.07) is 3.65. The molecule has 1 amide bonds. The summed E-state index contributed by atoms with van der Waals surface area (Å²) in [6.07, 6.45) is 4.63. The molecule has 1 fully saturated rings. The largest absolute Gasteiger partial charge is 0.390 e. The summed E-state index contributed by atoms with van der Waals surface area (Å²) in [4.78, 5) is 31.5. The number of amides is 1.